The molecule has 0 saturated heterocycles. The van der Waals surface area contributed by atoms with Crippen molar-refractivity contribution in [2.75, 3.05) is 11.4 Å². The molecule has 0 spiro atoms. The first-order valence-corrected chi connectivity index (χ1v) is 8.59. The van der Waals surface area contributed by atoms with Crippen molar-refractivity contribution in [3.05, 3.63) is 68.7 Å². The standard InChI is InChI=1S/C19H18ClN3O3/c1-4-22-16-10-9-12(23(25)26)11-14(16)17(21-19(2,3)18(22)24)13-7-5-6-8-15(13)20/h5-11H,4H2,1-3H3. The molecule has 0 atom stereocenters. The highest BCUT2D eigenvalue weighted by molar-refractivity contribution is 6.36. The molecule has 1 aliphatic heterocycles. The van der Waals surface area contributed by atoms with E-state index in [-0.39, 0.29) is 11.6 Å². The molecule has 0 unspecified atom stereocenters. The number of hydrogen-bond donors (Lipinski definition) is 0. The first-order chi connectivity index (χ1) is 12.3. The van der Waals surface area contributed by atoms with Gasteiger partial charge in [-0.1, -0.05) is 29.8 Å². The fraction of sp³-hybridized carbons (Fsp3) is 0.263. The zero-order chi connectivity index (χ0) is 19.1. The zero-order valence-corrected chi connectivity index (χ0v) is 15.4. The van der Waals surface area contributed by atoms with Crippen LogP contribution in [-0.4, -0.2) is 28.6 Å². The number of halogens is 1. The van der Waals surface area contributed by atoms with Gasteiger partial charge in [-0.25, -0.2) is 0 Å². The maximum absolute atomic E-state index is 13.0. The molecule has 7 heteroatoms. The number of nitro groups is 1. The van der Waals surface area contributed by atoms with Crippen LogP contribution in [0.25, 0.3) is 0 Å². The van der Waals surface area contributed by atoms with Crippen molar-refractivity contribution < 1.29 is 9.72 Å². The van der Waals surface area contributed by atoms with Gasteiger partial charge in [0.25, 0.3) is 11.6 Å². The number of nitrogens with zero attached hydrogens (tertiary/aromatic N) is 3. The SMILES string of the molecule is CCN1C(=O)C(C)(C)N=C(c2ccccc2Cl)c2cc([N+](=O)[O-])ccc21. The highest BCUT2D eigenvalue weighted by Crippen LogP contribution is 2.35. The second kappa shape index (κ2) is 6.53. The van der Waals surface area contributed by atoms with E-state index in [1.807, 2.05) is 13.0 Å². The first kappa shape index (κ1) is 18.1. The van der Waals surface area contributed by atoms with Crippen LogP contribution in [0.1, 0.15) is 31.9 Å². The number of carbonyl (C=O) groups excluding carboxylic acids is 1. The van der Waals surface area contributed by atoms with Crippen LogP contribution in [0.5, 0.6) is 0 Å². The number of non-ortho nitro benzene ring substituents is 1. The number of nitro benzene ring substituents is 1. The molecule has 0 aliphatic carbocycles. The number of carbonyl (C=O) groups is 1. The number of rotatable bonds is 3. The Labute approximate surface area is 156 Å². The molecular weight excluding hydrogens is 354 g/mol. The van der Waals surface area contributed by atoms with E-state index < -0.39 is 10.5 Å². The van der Waals surface area contributed by atoms with Crippen LogP contribution < -0.4 is 4.90 Å². The second-order valence-electron chi connectivity index (χ2n) is 6.51. The van der Waals surface area contributed by atoms with Gasteiger partial charge in [0.05, 0.1) is 16.3 Å². The van der Waals surface area contributed by atoms with Crippen molar-refractivity contribution in [1.82, 2.24) is 0 Å². The van der Waals surface area contributed by atoms with Crippen LogP contribution in [0.3, 0.4) is 0 Å². The first-order valence-electron chi connectivity index (χ1n) is 8.22. The number of hydrogen-bond acceptors (Lipinski definition) is 4. The van der Waals surface area contributed by atoms with Crippen molar-refractivity contribution >= 4 is 34.6 Å². The fourth-order valence-corrected chi connectivity index (χ4v) is 3.29. The van der Waals surface area contributed by atoms with Gasteiger partial charge in [0, 0.05) is 34.8 Å². The largest absolute Gasteiger partial charge is 0.310 e. The normalized spacial score (nSPS) is 15.9. The minimum Gasteiger partial charge on any atom is -0.310 e. The molecule has 0 radical (unpaired) electrons. The second-order valence-corrected chi connectivity index (χ2v) is 6.91. The Kier molecular flexibility index (Phi) is 4.54. The van der Waals surface area contributed by atoms with E-state index in [4.69, 9.17) is 11.6 Å². The van der Waals surface area contributed by atoms with Crippen LogP contribution in [0.2, 0.25) is 5.02 Å². The van der Waals surface area contributed by atoms with E-state index in [0.717, 1.165) is 0 Å². The molecule has 0 aromatic heterocycles. The van der Waals surface area contributed by atoms with Gasteiger partial charge in [-0.3, -0.25) is 19.9 Å². The summed E-state index contributed by atoms with van der Waals surface area (Å²) in [6.07, 6.45) is 0. The lowest BCUT2D eigenvalue weighted by atomic mass is 9.99. The maximum Gasteiger partial charge on any atom is 0.270 e. The third kappa shape index (κ3) is 2.97. The van der Waals surface area contributed by atoms with E-state index in [1.165, 1.54) is 12.1 Å². The Balaban J connectivity index is 2.38. The summed E-state index contributed by atoms with van der Waals surface area (Å²) in [5.74, 6) is -0.169. The number of fused-ring (bicyclic) bond motifs is 1. The molecule has 0 fully saturated rings. The summed E-state index contributed by atoms with van der Waals surface area (Å²) in [7, 11) is 0. The van der Waals surface area contributed by atoms with E-state index in [2.05, 4.69) is 4.99 Å². The molecule has 2 aromatic carbocycles. The molecule has 0 bridgehead atoms. The van der Waals surface area contributed by atoms with Crippen LogP contribution in [0.4, 0.5) is 11.4 Å². The molecule has 6 nitrogen and oxygen atoms in total. The lowest BCUT2D eigenvalue weighted by Gasteiger charge is -2.26. The summed E-state index contributed by atoms with van der Waals surface area (Å²) in [6, 6.07) is 11.6. The molecule has 26 heavy (non-hydrogen) atoms. The van der Waals surface area contributed by atoms with Crippen molar-refractivity contribution in [3.63, 3.8) is 0 Å². The number of aliphatic imine (C=N–C) groups is 1. The summed E-state index contributed by atoms with van der Waals surface area (Å²) < 4.78 is 0. The highest BCUT2D eigenvalue weighted by Gasteiger charge is 2.37. The van der Waals surface area contributed by atoms with Crippen molar-refractivity contribution in [2.45, 2.75) is 26.3 Å². The Hall–Kier alpha value is -2.73. The van der Waals surface area contributed by atoms with Gasteiger partial charge in [-0.15, -0.1) is 0 Å². The fourth-order valence-electron chi connectivity index (χ4n) is 3.06. The lowest BCUT2D eigenvalue weighted by molar-refractivity contribution is -0.384. The molecule has 2 aromatic rings. The quantitative estimate of drug-likeness (QED) is 0.598. The van der Waals surface area contributed by atoms with Gasteiger partial charge in [-0.2, -0.15) is 0 Å². The number of anilines is 1. The highest BCUT2D eigenvalue weighted by atomic mass is 35.5. The van der Waals surface area contributed by atoms with E-state index >= 15 is 0 Å². The minimum atomic E-state index is -1.03. The van der Waals surface area contributed by atoms with Gasteiger partial charge in [0.1, 0.15) is 5.54 Å². The predicted molar refractivity (Wildman–Crippen MR) is 102 cm³/mol. The van der Waals surface area contributed by atoms with Crippen LogP contribution >= 0.6 is 11.6 Å². The molecule has 0 saturated carbocycles. The molecule has 1 heterocycles. The van der Waals surface area contributed by atoms with Crippen molar-refractivity contribution in [1.29, 1.82) is 0 Å². The van der Waals surface area contributed by atoms with Crippen molar-refractivity contribution in [3.8, 4) is 0 Å². The smallest absolute Gasteiger partial charge is 0.270 e. The monoisotopic (exact) mass is 371 g/mol. The van der Waals surface area contributed by atoms with E-state index in [0.29, 0.717) is 34.1 Å². The number of benzodiazepines with no additional fused rings is 1. The third-order valence-electron chi connectivity index (χ3n) is 4.34. The molecule has 1 amide bonds. The Morgan fingerprint density at radius 3 is 2.50 bits per heavy atom. The van der Waals surface area contributed by atoms with Gasteiger partial charge in [-0.05, 0) is 32.9 Å². The molecule has 1 aliphatic rings. The Morgan fingerprint density at radius 1 is 1.19 bits per heavy atom. The average Bonchev–Trinajstić information content (AvgIpc) is 2.68. The maximum atomic E-state index is 13.0. The molecular formula is C19H18ClN3O3. The van der Waals surface area contributed by atoms with Gasteiger partial charge < -0.3 is 4.90 Å². The summed E-state index contributed by atoms with van der Waals surface area (Å²) in [4.78, 5) is 30.1. The molecule has 3 rings (SSSR count). The molecule has 134 valence electrons. The van der Waals surface area contributed by atoms with Crippen molar-refractivity contribution in [2.24, 2.45) is 4.99 Å². The lowest BCUT2D eigenvalue weighted by Crippen LogP contribution is -2.43. The van der Waals surface area contributed by atoms with Crippen LogP contribution in [-0.2, 0) is 4.79 Å². The van der Waals surface area contributed by atoms with E-state index in [9.17, 15) is 14.9 Å². The zero-order valence-electron chi connectivity index (χ0n) is 14.7. The number of likely N-dealkylation sites (N-methyl/N-ethyl adjacent to an activating group) is 1. The van der Waals surface area contributed by atoms with E-state index in [1.54, 1.807) is 43.0 Å². The summed E-state index contributed by atoms with van der Waals surface area (Å²) in [5.41, 5.74) is 1.13. The van der Waals surface area contributed by atoms with Gasteiger partial charge in [0.15, 0.2) is 0 Å². The Bertz CT molecular complexity index is 937. The van der Waals surface area contributed by atoms with Crippen LogP contribution in [0.15, 0.2) is 47.5 Å². The summed E-state index contributed by atoms with van der Waals surface area (Å²) in [5, 5.41) is 11.8. The predicted octanol–water partition coefficient (Wildman–Crippen LogP) is 4.23. The molecule has 0 N–H and O–H groups in total. The van der Waals surface area contributed by atoms with Crippen LogP contribution in [0, 0.1) is 10.1 Å². The number of amides is 1. The average molecular weight is 372 g/mol. The summed E-state index contributed by atoms with van der Waals surface area (Å²) >= 11 is 6.37. The third-order valence-corrected chi connectivity index (χ3v) is 4.67. The minimum absolute atomic E-state index is 0.0632. The Morgan fingerprint density at radius 2 is 1.88 bits per heavy atom. The van der Waals surface area contributed by atoms with Gasteiger partial charge >= 0.3 is 0 Å². The van der Waals surface area contributed by atoms with Gasteiger partial charge in [0.2, 0.25) is 0 Å². The number of benzene rings is 2. The summed E-state index contributed by atoms with van der Waals surface area (Å²) in [6.45, 7) is 5.75. The topological polar surface area (TPSA) is 75.8 Å².